The van der Waals surface area contributed by atoms with Gasteiger partial charge in [0.1, 0.15) is 12.3 Å². The van der Waals surface area contributed by atoms with Crippen LogP contribution in [0.2, 0.25) is 0 Å². The summed E-state index contributed by atoms with van der Waals surface area (Å²) in [6.45, 7) is -0.652. The highest BCUT2D eigenvalue weighted by Gasteiger charge is 2.36. The summed E-state index contributed by atoms with van der Waals surface area (Å²) < 4.78 is 39.1. The minimum Gasteiger partial charge on any atom is -0.506 e. The highest BCUT2D eigenvalue weighted by Crippen LogP contribution is 2.37. The second-order valence-electron chi connectivity index (χ2n) is 6.23. The van der Waals surface area contributed by atoms with Crippen LogP contribution in [0.25, 0.3) is 6.08 Å². The van der Waals surface area contributed by atoms with E-state index in [4.69, 9.17) is 0 Å². The molecule has 0 saturated carbocycles. The van der Waals surface area contributed by atoms with E-state index in [1.165, 1.54) is 24.3 Å². The number of benzene rings is 2. The number of alkyl halides is 3. The number of nitrogens with zero attached hydrogens (tertiary/aromatic N) is 1. The molecule has 3 amide bonds. The van der Waals surface area contributed by atoms with E-state index in [-0.39, 0.29) is 16.3 Å². The fraction of sp³-hybridized carbons (Fsp3) is 0.105. The fourth-order valence-electron chi connectivity index (χ4n) is 2.57. The van der Waals surface area contributed by atoms with Crippen LogP contribution in [0.15, 0.2) is 50.2 Å². The Kier molecular flexibility index (Phi) is 6.82. The van der Waals surface area contributed by atoms with Crippen molar-refractivity contribution in [2.24, 2.45) is 0 Å². The molecular weight excluding hydrogens is 569 g/mol. The highest BCUT2D eigenvalue weighted by atomic mass is 79.9. The lowest BCUT2D eigenvalue weighted by atomic mass is 10.2. The number of carbonyl (C=O) groups excluding carboxylic acids is 3. The summed E-state index contributed by atoms with van der Waals surface area (Å²) in [5, 5.41) is 11.3. The molecule has 1 saturated heterocycles. The van der Waals surface area contributed by atoms with Gasteiger partial charge in [-0.2, -0.15) is 13.2 Å². The number of anilines is 1. The average Bonchev–Trinajstić information content (AvgIpc) is 2.93. The van der Waals surface area contributed by atoms with Crippen molar-refractivity contribution in [1.29, 1.82) is 0 Å². The minimum atomic E-state index is -4.57. The van der Waals surface area contributed by atoms with Gasteiger partial charge in [0.05, 0.1) is 19.4 Å². The summed E-state index contributed by atoms with van der Waals surface area (Å²) >= 11 is 6.95. The number of phenolic OH excluding ortho intramolecular Hbond substituents is 1. The molecule has 0 bridgehead atoms. The summed E-state index contributed by atoms with van der Waals surface area (Å²) in [6.07, 6.45) is -3.15. The van der Waals surface area contributed by atoms with E-state index < -0.39 is 35.3 Å². The normalized spacial score (nSPS) is 15.6. The van der Waals surface area contributed by atoms with Crippen LogP contribution in [-0.4, -0.2) is 33.6 Å². The molecule has 1 fully saturated rings. The highest BCUT2D eigenvalue weighted by molar-refractivity contribution is 9.11. The molecule has 0 radical (unpaired) electrons. The topological polar surface area (TPSA) is 86.7 Å². The van der Waals surface area contributed by atoms with Gasteiger partial charge in [0, 0.05) is 5.69 Å². The third-order valence-corrected chi connectivity index (χ3v) is 6.10. The monoisotopic (exact) mass is 578 g/mol. The van der Waals surface area contributed by atoms with Gasteiger partial charge in [-0.25, -0.2) is 0 Å². The summed E-state index contributed by atoms with van der Waals surface area (Å²) in [6, 6.07) is 7.09. The Balaban J connectivity index is 1.72. The molecule has 2 aromatic carbocycles. The van der Waals surface area contributed by atoms with Crippen molar-refractivity contribution >= 4 is 72.4 Å². The number of thioether (sulfide) groups is 1. The van der Waals surface area contributed by atoms with Crippen molar-refractivity contribution in [3.63, 3.8) is 0 Å². The molecule has 12 heteroatoms. The predicted molar refractivity (Wildman–Crippen MR) is 116 cm³/mol. The second-order valence-corrected chi connectivity index (χ2v) is 8.93. The van der Waals surface area contributed by atoms with Gasteiger partial charge in [0.25, 0.3) is 11.1 Å². The van der Waals surface area contributed by atoms with Gasteiger partial charge in [0.15, 0.2) is 0 Å². The molecule has 1 aliphatic heterocycles. The van der Waals surface area contributed by atoms with Gasteiger partial charge in [-0.3, -0.25) is 19.3 Å². The molecule has 2 aromatic rings. The van der Waals surface area contributed by atoms with Crippen LogP contribution in [0.5, 0.6) is 5.75 Å². The van der Waals surface area contributed by atoms with Crippen LogP contribution >= 0.6 is 43.6 Å². The Morgan fingerprint density at radius 3 is 2.42 bits per heavy atom. The molecule has 6 nitrogen and oxygen atoms in total. The largest absolute Gasteiger partial charge is 0.506 e. The number of phenols is 1. The third kappa shape index (κ3) is 5.49. The van der Waals surface area contributed by atoms with Gasteiger partial charge in [-0.05, 0) is 85.6 Å². The lowest BCUT2D eigenvalue weighted by molar-refractivity contribution is -0.137. The molecular formula is C19H11Br2F3N2O4S. The number of hydrogen-bond donors (Lipinski definition) is 2. The van der Waals surface area contributed by atoms with Gasteiger partial charge in [0.2, 0.25) is 5.91 Å². The number of aromatic hydroxyl groups is 1. The SMILES string of the molecule is O=C(CN1C(=O)S/C(=C\c2cc(Br)c(O)c(Br)c2)C1=O)Nc1cccc(C(F)(F)F)c1. The van der Waals surface area contributed by atoms with Crippen LogP contribution in [0, 0.1) is 0 Å². The maximum Gasteiger partial charge on any atom is 0.416 e. The Labute approximate surface area is 194 Å². The van der Waals surface area contributed by atoms with Gasteiger partial charge >= 0.3 is 6.18 Å². The summed E-state index contributed by atoms with van der Waals surface area (Å²) in [4.78, 5) is 37.7. The molecule has 0 unspecified atom stereocenters. The Bertz CT molecular complexity index is 1100. The zero-order chi connectivity index (χ0) is 22.9. The molecule has 1 aliphatic rings. The number of rotatable bonds is 4. The van der Waals surface area contributed by atoms with Crippen molar-refractivity contribution < 1.29 is 32.7 Å². The molecule has 1 heterocycles. The molecule has 0 atom stereocenters. The molecule has 0 aromatic heterocycles. The minimum absolute atomic E-state index is 0.0310. The Hall–Kier alpha value is -2.31. The fourth-order valence-corrected chi connectivity index (χ4v) is 4.63. The first-order valence-corrected chi connectivity index (χ1v) is 10.8. The van der Waals surface area contributed by atoms with E-state index in [0.717, 1.165) is 18.2 Å². The second kappa shape index (κ2) is 9.05. The summed E-state index contributed by atoms with van der Waals surface area (Å²) in [5.74, 6) is -1.57. The lowest BCUT2D eigenvalue weighted by Crippen LogP contribution is -2.36. The number of amides is 3. The van der Waals surface area contributed by atoms with Gasteiger partial charge in [-0.15, -0.1) is 0 Å². The number of nitrogens with one attached hydrogen (secondary N) is 1. The lowest BCUT2D eigenvalue weighted by Gasteiger charge is -2.13. The van der Waals surface area contributed by atoms with Crippen LogP contribution in [0.3, 0.4) is 0 Å². The van der Waals surface area contributed by atoms with Crippen molar-refractivity contribution in [1.82, 2.24) is 4.90 Å². The Morgan fingerprint density at radius 1 is 1.16 bits per heavy atom. The first kappa shape index (κ1) is 23.4. The molecule has 0 aliphatic carbocycles. The van der Waals surface area contributed by atoms with E-state index in [2.05, 4.69) is 37.2 Å². The van der Waals surface area contributed by atoms with E-state index in [9.17, 15) is 32.7 Å². The zero-order valence-electron chi connectivity index (χ0n) is 15.2. The predicted octanol–water partition coefficient (Wildman–Crippen LogP) is 5.61. The average molecular weight is 580 g/mol. The van der Waals surface area contributed by atoms with Crippen LogP contribution in [0.4, 0.5) is 23.7 Å². The molecule has 3 rings (SSSR count). The number of halogens is 5. The maximum absolute atomic E-state index is 12.8. The third-order valence-electron chi connectivity index (χ3n) is 3.99. The van der Waals surface area contributed by atoms with Crippen molar-refractivity contribution in [2.75, 3.05) is 11.9 Å². The maximum atomic E-state index is 12.8. The van der Waals surface area contributed by atoms with E-state index in [1.807, 2.05) is 0 Å². The van der Waals surface area contributed by atoms with Gasteiger partial charge in [-0.1, -0.05) is 6.07 Å². The van der Waals surface area contributed by atoms with Gasteiger partial charge < -0.3 is 10.4 Å². The number of hydrogen-bond acceptors (Lipinski definition) is 5. The zero-order valence-corrected chi connectivity index (χ0v) is 19.2. The number of carbonyl (C=O) groups is 3. The molecule has 31 heavy (non-hydrogen) atoms. The smallest absolute Gasteiger partial charge is 0.416 e. The Morgan fingerprint density at radius 2 is 1.81 bits per heavy atom. The first-order chi connectivity index (χ1) is 14.5. The quantitative estimate of drug-likeness (QED) is 0.460. The molecule has 162 valence electrons. The first-order valence-electron chi connectivity index (χ1n) is 8.36. The van der Waals surface area contributed by atoms with E-state index >= 15 is 0 Å². The van der Waals surface area contributed by atoms with Crippen LogP contribution < -0.4 is 5.32 Å². The summed E-state index contributed by atoms with van der Waals surface area (Å²) in [7, 11) is 0. The van der Waals surface area contributed by atoms with E-state index in [0.29, 0.717) is 31.2 Å². The van der Waals surface area contributed by atoms with Crippen LogP contribution in [-0.2, 0) is 15.8 Å². The molecule has 0 spiro atoms. The van der Waals surface area contributed by atoms with Crippen LogP contribution in [0.1, 0.15) is 11.1 Å². The standard InChI is InChI=1S/C19H11Br2F3N2O4S/c20-12-4-9(5-13(21)16(12)28)6-14-17(29)26(18(30)31-14)8-15(27)25-11-3-1-2-10(7-11)19(22,23)24/h1-7,28H,8H2,(H,25,27)/b14-6-. The van der Waals surface area contributed by atoms with Crippen molar-refractivity contribution in [3.8, 4) is 5.75 Å². The van der Waals surface area contributed by atoms with Crippen molar-refractivity contribution in [3.05, 3.63) is 61.4 Å². The summed E-state index contributed by atoms with van der Waals surface area (Å²) in [5.41, 5.74) is -0.540. The molecule has 2 N–H and O–H groups in total. The van der Waals surface area contributed by atoms with Crippen molar-refractivity contribution in [2.45, 2.75) is 6.18 Å². The van der Waals surface area contributed by atoms with E-state index in [1.54, 1.807) is 0 Å². The number of imide groups is 1.